The molecule has 94 valence electrons. The molecule has 2 rings (SSSR count). The van der Waals surface area contributed by atoms with E-state index < -0.39 is 11.5 Å². The van der Waals surface area contributed by atoms with Gasteiger partial charge in [-0.3, -0.25) is 9.36 Å². The molecular formula is C10H10N4O4. The Morgan fingerprint density at radius 2 is 2.17 bits per heavy atom. The number of carboxylic acids is 1. The summed E-state index contributed by atoms with van der Waals surface area (Å²) in [6.07, 6.45) is 1.45. The van der Waals surface area contributed by atoms with E-state index >= 15 is 0 Å². The number of carboxylic acid groups (broad SMARTS) is 1. The topological polar surface area (TPSA) is 110 Å². The minimum absolute atomic E-state index is 0.0305. The average molecular weight is 250 g/mol. The second-order valence-corrected chi connectivity index (χ2v) is 3.69. The number of aryl methyl sites for hydroxylation is 1. The van der Waals surface area contributed by atoms with E-state index in [1.54, 1.807) is 11.6 Å². The van der Waals surface area contributed by atoms with Crippen molar-refractivity contribution in [2.24, 2.45) is 7.05 Å². The Labute approximate surface area is 101 Å². The fraction of sp³-hybridized carbons (Fsp3) is 0.200. The highest BCUT2D eigenvalue weighted by Gasteiger charge is 2.15. The number of hydrogen-bond acceptors (Lipinski definition) is 5. The largest absolute Gasteiger partial charge is 0.508 e. The van der Waals surface area contributed by atoms with Crippen molar-refractivity contribution in [2.75, 3.05) is 0 Å². The molecule has 0 saturated carbocycles. The summed E-state index contributed by atoms with van der Waals surface area (Å²) in [5.74, 6) is -1.25. The lowest BCUT2D eigenvalue weighted by molar-refractivity contribution is 0.0683. The maximum atomic E-state index is 11.7. The summed E-state index contributed by atoms with van der Waals surface area (Å²) in [6.45, 7) is -0.0305. The van der Waals surface area contributed by atoms with Crippen LogP contribution in [0.4, 0.5) is 0 Å². The van der Waals surface area contributed by atoms with Crippen LogP contribution in [-0.4, -0.2) is 35.5 Å². The van der Waals surface area contributed by atoms with Crippen LogP contribution in [0.1, 0.15) is 16.3 Å². The predicted molar refractivity (Wildman–Crippen MR) is 59.4 cm³/mol. The SMILES string of the molecule is Cn1cnnc1Cn1c(C(=O)O)cc(O)cc1=O. The minimum Gasteiger partial charge on any atom is -0.508 e. The second-order valence-electron chi connectivity index (χ2n) is 3.69. The third kappa shape index (κ3) is 2.08. The Hall–Kier alpha value is -2.64. The van der Waals surface area contributed by atoms with Gasteiger partial charge in [0.15, 0.2) is 5.82 Å². The van der Waals surface area contributed by atoms with Crippen LogP contribution in [0.3, 0.4) is 0 Å². The first-order valence-electron chi connectivity index (χ1n) is 4.99. The number of pyridine rings is 1. The third-order valence-electron chi connectivity index (χ3n) is 2.44. The van der Waals surface area contributed by atoms with E-state index in [1.165, 1.54) is 6.33 Å². The van der Waals surface area contributed by atoms with Crippen molar-refractivity contribution in [3.05, 3.63) is 40.3 Å². The van der Waals surface area contributed by atoms with Gasteiger partial charge in [-0.05, 0) is 0 Å². The van der Waals surface area contributed by atoms with E-state index in [4.69, 9.17) is 5.11 Å². The molecule has 8 nitrogen and oxygen atoms in total. The van der Waals surface area contributed by atoms with Gasteiger partial charge >= 0.3 is 5.97 Å². The van der Waals surface area contributed by atoms with Gasteiger partial charge in [0.05, 0.1) is 6.54 Å². The molecule has 0 aliphatic carbocycles. The first kappa shape index (κ1) is 11.8. The molecule has 0 unspecified atom stereocenters. The number of rotatable bonds is 3. The lowest BCUT2D eigenvalue weighted by Crippen LogP contribution is -2.26. The third-order valence-corrected chi connectivity index (χ3v) is 2.44. The Kier molecular flexibility index (Phi) is 2.84. The smallest absolute Gasteiger partial charge is 0.352 e. The summed E-state index contributed by atoms with van der Waals surface area (Å²) < 4.78 is 2.58. The van der Waals surface area contributed by atoms with Gasteiger partial charge in [0.2, 0.25) is 0 Å². The second kappa shape index (κ2) is 4.32. The molecule has 0 aliphatic rings. The van der Waals surface area contributed by atoms with Gasteiger partial charge in [0, 0.05) is 19.2 Å². The molecule has 0 fully saturated rings. The Bertz CT molecular complexity index is 658. The Morgan fingerprint density at radius 1 is 1.44 bits per heavy atom. The summed E-state index contributed by atoms with van der Waals surface area (Å²) in [5, 5.41) is 25.7. The summed E-state index contributed by atoms with van der Waals surface area (Å²) in [7, 11) is 1.68. The molecule has 0 atom stereocenters. The highest BCUT2D eigenvalue weighted by atomic mass is 16.4. The normalized spacial score (nSPS) is 10.5. The van der Waals surface area contributed by atoms with E-state index in [1.807, 2.05) is 0 Å². The number of aromatic carboxylic acids is 1. The standard InChI is InChI=1S/C10H10N4O4/c1-13-5-11-12-8(13)4-14-7(10(17)18)2-6(15)3-9(14)16/h2-3,5,15H,4H2,1H3,(H,17,18). The van der Waals surface area contributed by atoms with Crippen LogP contribution in [0, 0.1) is 0 Å². The fourth-order valence-electron chi connectivity index (χ4n) is 1.51. The van der Waals surface area contributed by atoms with Gasteiger partial charge in [-0.2, -0.15) is 0 Å². The fourth-order valence-corrected chi connectivity index (χ4v) is 1.51. The van der Waals surface area contributed by atoms with Crippen molar-refractivity contribution >= 4 is 5.97 Å². The Morgan fingerprint density at radius 3 is 2.72 bits per heavy atom. The van der Waals surface area contributed by atoms with Crippen molar-refractivity contribution in [1.29, 1.82) is 0 Å². The molecular weight excluding hydrogens is 240 g/mol. The van der Waals surface area contributed by atoms with Crippen LogP contribution in [0.25, 0.3) is 0 Å². The molecule has 2 aromatic heterocycles. The van der Waals surface area contributed by atoms with Gasteiger partial charge in [0.1, 0.15) is 17.8 Å². The maximum absolute atomic E-state index is 11.7. The highest BCUT2D eigenvalue weighted by molar-refractivity contribution is 5.86. The maximum Gasteiger partial charge on any atom is 0.352 e. The summed E-state index contributed by atoms with van der Waals surface area (Å²) >= 11 is 0. The summed E-state index contributed by atoms with van der Waals surface area (Å²) in [4.78, 5) is 22.7. The molecule has 0 aromatic carbocycles. The van der Waals surface area contributed by atoms with Gasteiger partial charge in [-0.1, -0.05) is 0 Å². The number of aromatic nitrogens is 4. The van der Waals surface area contributed by atoms with Crippen LogP contribution >= 0.6 is 0 Å². The zero-order valence-electron chi connectivity index (χ0n) is 9.44. The molecule has 0 radical (unpaired) electrons. The van der Waals surface area contributed by atoms with Crippen molar-refractivity contribution in [3.8, 4) is 5.75 Å². The highest BCUT2D eigenvalue weighted by Crippen LogP contribution is 2.09. The number of hydrogen-bond donors (Lipinski definition) is 2. The number of aromatic hydroxyl groups is 1. The van der Waals surface area contributed by atoms with E-state index in [2.05, 4.69) is 10.2 Å². The van der Waals surface area contributed by atoms with Gasteiger partial charge in [0.25, 0.3) is 5.56 Å². The van der Waals surface area contributed by atoms with Gasteiger partial charge < -0.3 is 14.8 Å². The van der Waals surface area contributed by atoms with Crippen LogP contribution in [-0.2, 0) is 13.6 Å². The zero-order valence-corrected chi connectivity index (χ0v) is 9.44. The van der Waals surface area contributed by atoms with Gasteiger partial charge in [-0.15, -0.1) is 10.2 Å². The van der Waals surface area contributed by atoms with Gasteiger partial charge in [-0.25, -0.2) is 4.79 Å². The van der Waals surface area contributed by atoms with E-state index in [-0.39, 0.29) is 18.0 Å². The minimum atomic E-state index is -1.30. The van der Waals surface area contributed by atoms with Crippen LogP contribution in [0.2, 0.25) is 0 Å². The molecule has 0 spiro atoms. The predicted octanol–water partition coefficient (Wildman–Crippen LogP) is -0.571. The molecule has 2 aromatic rings. The lowest BCUT2D eigenvalue weighted by Gasteiger charge is -2.09. The first-order chi connectivity index (χ1) is 8.49. The van der Waals surface area contributed by atoms with E-state index in [9.17, 15) is 14.7 Å². The van der Waals surface area contributed by atoms with Crippen molar-refractivity contribution in [3.63, 3.8) is 0 Å². The van der Waals surface area contributed by atoms with Crippen LogP contribution in [0.5, 0.6) is 5.75 Å². The van der Waals surface area contributed by atoms with Crippen molar-refractivity contribution in [2.45, 2.75) is 6.54 Å². The van der Waals surface area contributed by atoms with Crippen LogP contribution < -0.4 is 5.56 Å². The molecule has 0 saturated heterocycles. The molecule has 2 heterocycles. The number of nitrogens with zero attached hydrogens (tertiary/aromatic N) is 4. The summed E-state index contributed by atoms with van der Waals surface area (Å²) in [5.41, 5.74) is -0.918. The van der Waals surface area contributed by atoms with Crippen LogP contribution in [0.15, 0.2) is 23.3 Å². The Balaban J connectivity index is 2.53. The zero-order chi connectivity index (χ0) is 13.3. The summed E-state index contributed by atoms with van der Waals surface area (Å²) in [6, 6.07) is 1.96. The lowest BCUT2D eigenvalue weighted by atomic mass is 10.3. The molecule has 2 N–H and O–H groups in total. The molecule has 0 aliphatic heterocycles. The van der Waals surface area contributed by atoms with E-state index in [0.29, 0.717) is 5.82 Å². The van der Waals surface area contributed by atoms with Crippen molar-refractivity contribution in [1.82, 2.24) is 19.3 Å². The first-order valence-corrected chi connectivity index (χ1v) is 4.99. The average Bonchev–Trinajstić information content (AvgIpc) is 2.67. The van der Waals surface area contributed by atoms with Crippen molar-refractivity contribution < 1.29 is 15.0 Å². The molecule has 18 heavy (non-hydrogen) atoms. The quantitative estimate of drug-likeness (QED) is 0.754. The van der Waals surface area contributed by atoms with E-state index in [0.717, 1.165) is 16.7 Å². The monoisotopic (exact) mass is 250 g/mol. The number of carbonyl (C=O) groups is 1. The molecule has 0 bridgehead atoms. The molecule has 8 heteroatoms. The molecule has 0 amide bonds.